The zero-order valence-corrected chi connectivity index (χ0v) is 13.5. The first-order chi connectivity index (χ1) is 11.7. The van der Waals surface area contributed by atoms with Gasteiger partial charge in [-0.2, -0.15) is 0 Å². The summed E-state index contributed by atoms with van der Waals surface area (Å²) in [4.78, 5) is 7.12. The minimum absolute atomic E-state index is 0.192. The van der Waals surface area contributed by atoms with Crippen LogP contribution in [-0.4, -0.2) is 28.7 Å². The summed E-state index contributed by atoms with van der Waals surface area (Å²) >= 11 is 0. The van der Waals surface area contributed by atoms with Gasteiger partial charge in [-0.3, -0.25) is 0 Å². The van der Waals surface area contributed by atoms with Gasteiger partial charge in [0.1, 0.15) is 5.82 Å². The number of para-hydroxylation sites is 2. The third-order valence-electron chi connectivity index (χ3n) is 4.63. The van der Waals surface area contributed by atoms with Crippen LogP contribution in [0.3, 0.4) is 0 Å². The Kier molecular flexibility index (Phi) is 3.94. The van der Waals surface area contributed by atoms with Gasteiger partial charge < -0.3 is 15.2 Å². The monoisotopic (exact) mass is 324 g/mol. The third-order valence-corrected chi connectivity index (χ3v) is 4.63. The Balaban J connectivity index is 1.76. The minimum Gasteiger partial charge on any atom is -0.341 e. The average Bonchev–Trinajstić information content (AvgIpc) is 2.96. The fourth-order valence-electron chi connectivity index (χ4n) is 3.42. The number of hydrogen-bond acceptors (Lipinski definition) is 3. The summed E-state index contributed by atoms with van der Waals surface area (Å²) < 4.78 is 15.4. The van der Waals surface area contributed by atoms with Crippen molar-refractivity contribution in [2.24, 2.45) is 5.73 Å². The summed E-state index contributed by atoms with van der Waals surface area (Å²) in [7, 11) is 0. The predicted octanol–water partition coefficient (Wildman–Crippen LogP) is 3.15. The molecular weight excluding hydrogens is 303 g/mol. The Morgan fingerprint density at radius 1 is 1.12 bits per heavy atom. The number of hydrogen-bond donors (Lipinski definition) is 1. The van der Waals surface area contributed by atoms with Crippen LogP contribution in [-0.2, 0) is 6.54 Å². The smallest absolute Gasteiger partial charge is 0.206 e. The van der Waals surface area contributed by atoms with Gasteiger partial charge in [-0.1, -0.05) is 24.3 Å². The Hall–Kier alpha value is -2.40. The first kappa shape index (κ1) is 15.1. The summed E-state index contributed by atoms with van der Waals surface area (Å²) in [5.74, 6) is 0.743. The average molecular weight is 324 g/mol. The van der Waals surface area contributed by atoms with Gasteiger partial charge >= 0.3 is 0 Å². The van der Waals surface area contributed by atoms with Gasteiger partial charge in [0.05, 0.1) is 17.6 Å². The highest BCUT2D eigenvalue weighted by atomic mass is 19.1. The SMILES string of the molecule is NC1CCCN(c2nc3ccccc3n2Cc2ccc(F)cc2)C1. The van der Waals surface area contributed by atoms with Gasteiger partial charge in [0, 0.05) is 19.1 Å². The molecule has 1 fully saturated rings. The molecule has 3 aromatic rings. The number of aromatic nitrogens is 2. The molecule has 2 N–H and O–H groups in total. The summed E-state index contributed by atoms with van der Waals surface area (Å²) in [6, 6.07) is 15.0. The van der Waals surface area contributed by atoms with Crippen LogP contribution in [0.15, 0.2) is 48.5 Å². The molecule has 0 amide bonds. The number of halogens is 1. The molecule has 1 saturated heterocycles. The molecule has 2 heterocycles. The molecule has 0 aliphatic carbocycles. The van der Waals surface area contributed by atoms with Gasteiger partial charge in [-0.05, 0) is 42.7 Å². The molecular formula is C19H21FN4. The van der Waals surface area contributed by atoms with E-state index in [4.69, 9.17) is 10.7 Å². The lowest BCUT2D eigenvalue weighted by molar-refractivity contribution is 0.495. The summed E-state index contributed by atoms with van der Waals surface area (Å²) in [5, 5.41) is 0. The largest absolute Gasteiger partial charge is 0.341 e. The molecule has 5 heteroatoms. The Bertz CT molecular complexity index is 840. The van der Waals surface area contributed by atoms with Gasteiger partial charge in [0.2, 0.25) is 5.95 Å². The molecule has 24 heavy (non-hydrogen) atoms. The van der Waals surface area contributed by atoms with E-state index in [1.807, 2.05) is 30.3 Å². The topological polar surface area (TPSA) is 47.1 Å². The van der Waals surface area contributed by atoms with Crippen molar-refractivity contribution in [1.29, 1.82) is 0 Å². The van der Waals surface area contributed by atoms with Gasteiger partial charge in [0.25, 0.3) is 0 Å². The first-order valence-electron chi connectivity index (χ1n) is 8.41. The van der Waals surface area contributed by atoms with E-state index in [9.17, 15) is 4.39 Å². The molecule has 2 aromatic carbocycles. The zero-order valence-electron chi connectivity index (χ0n) is 13.5. The van der Waals surface area contributed by atoms with Crippen molar-refractivity contribution >= 4 is 17.0 Å². The van der Waals surface area contributed by atoms with E-state index in [0.29, 0.717) is 6.54 Å². The summed E-state index contributed by atoms with van der Waals surface area (Å²) in [5.41, 5.74) is 9.29. The van der Waals surface area contributed by atoms with Crippen molar-refractivity contribution in [3.8, 4) is 0 Å². The molecule has 0 radical (unpaired) electrons. The second-order valence-electron chi connectivity index (χ2n) is 6.46. The maximum absolute atomic E-state index is 13.2. The second kappa shape index (κ2) is 6.24. The maximum atomic E-state index is 13.2. The lowest BCUT2D eigenvalue weighted by Crippen LogP contribution is -2.44. The molecule has 1 aliphatic heterocycles. The highest BCUT2D eigenvalue weighted by Gasteiger charge is 2.22. The quantitative estimate of drug-likeness (QED) is 0.805. The van der Waals surface area contributed by atoms with Crippen molar-refractivity contribution < 1.29 is 4.39 Å². The van der Waals surface area contributed by atoms with Crippen LogP contribution in [0, 0.1) is 5.82 Å². The number of imidazole rings is 1. The van der Waals surface area contributed by atoms with Crippen molar-refractivity contribution in [1.82, 2.24) is 9.55 Å². The summed E-state index contributed by atoms with van der Waals surface area (Å²) in [6.45, 7) is 2.47. The van der Waals surface area contributed by atoms with E-state index in [0.717, 1.165) is 48.5 Å². The molecule has 124 valence electrons. The Labute approximate surface area is 140 Å². The van der Waals surface area contributed by atoms with E-state index >= 15 is 0 Å². The van der Waals surface area contributed by atoms with Crippen LogP contribution in [0.4, 0.5) is 10.3 Å². The molecule has 4 rings (SSSR count). The molecule has 0 bridgehead atoms. The predicted molar refractivity (Wildman–Crippen MR) is 94.7 cm³/mol. The lowest BCUT2D eigenvalue weighted by Gasteiger charge is -2.32. The fourth-order valence-corrected chi connectivity index (χ4v) is 3.42. The minimum atomic E-state index is -0.212. The van der Waals surface area contributed by atoms with Crippen LogP contribution in [0.1, 0.15) is 18.4 Å². The number of piperidine rings is 1. The number of rotatable bonds is 3. The fraction of sp³-hybridized carbons (Fsp3) is 0.316. The zero-order chi connectivity index (χ0) is 16.5. The third kappa shape index (κ3) is 2.87. The highest BCUT2D eigenvalue weighted by molar-refractivity contribution is 5.79. The molecule has 0 spiro atoms. The van der Waals surface area contributed by atoms with Crippen molar-refractivity contribution in [3.05, 3.63) is 59.9 Å². The van der Waals surface area contributed by atoms with E-state index in [1.54, 1.807) is 0 Å². The van der Waals surface area contributed by atoms with Crippen LogP contribution in [0.5, 0.6) is 0 Å². The van der Waals surface area contributed by atoms with Crippen LogP contribution < -0.4 is 10.6 Å². The van der Waals surface area contributed by atoms with E-state index in [1.165, 1.54) is 12.1 Å². The van der Waals surface area contributed by atoms with Gasteiger partial charge in [-0.25, -0.2) is 9.37 Å². The number of benzene rings is 2. The first-order valence-corrected chi connectivity index (χ1v) is 8.41. The lowest BCUT2D eigenvalue weighted by atomic mass is 10.1. The molecule has 1 aliphatic rings. The standard InChI is InChI=1S/C19H21FN4/c20-15-9-7-14(8-10-15)12-24-18-6-2-1-5-17(18)22-19(24)23-11-3-4-16(21)13-23/h1-2,5-10,16H,3-4,11-13,21H2. The summed E-state index contributed by atoms with van der Waals surface area (Å²) in [6.07, 6.45) is 2.15. The van der Waals surface area contributed by atoms with E-state index in [2.05, 4.69) is 15.5 Å². The van der Waals surface area contributed by atoms with Crippen molar-refractivity contribution in [2.75, 3.05) is 18.0 Å². The Morgan fingerprint density at radius 3 is 2.71 bits per heavy atom. The van der Waals surface area contributed by atoms with Crippen LogP contribution in [0.25, 0.3) is 11.0 Å². The van der Waals surface area contributed by atoms with Crippen molar-refractivity contribution in [2.45, 2.75) is 25.4 Å². The van der Waals surface area contributed by atoms with E-state index < -0.39 is 0 Å². The van der Waals surface area contributed by atoms with Crippen molar-refractivity contribution in [3.63, 3.8) is 0 Å². The number of nitrogens with two attached hydrogens (primary N) is 1. The second-order valence-corrected chi connectivity index (χ2v) is 6.46. The molecule has 1 unspecified atom stereocenters. The Morgan fingerprint density at radius 2 is 1.92 bits per heavy atom. The normalized spacial score (nSPS) is 18.2. The number of fused-ring (bicyclic) bond motifs is 1. The van der Waals surface area contributed by atoms with Crippen LogP contribution >= 0.6 is 0 Å². The van der Waals surface area contributed by atoms with Crippen LogP contribution in [0.2, 0.25) is 0 Å². The van der Waals surface area contributed by atoms with Gasteiger partial charge in [-0.15, -0.1) is 0 Å². The molecule has 4 nitrogen and oxygen atoms in total. The molecule has 1 atom stereocenters. The number of nitrogens with zero attached hydrogens (tertiary/aromatic N) is 3. The number of anilines is 1. The molecule has 1 aromatic heterocycles. The van der Waals surface area contributed by atoms with E-state index in [-0.39, 0.29) is 11.9 Å². The highest BCUT2D eigenvalue weighted by Crippen LogP contribution is 2.26. The van der Waals surface area contributed by atoms with Gasteiger partial charge in [0.15, 0.2) is 0 Å². The molecule has 0 saturated carbocycles. The maximum Gasteiger partial charge on any atom is 0.206 e.